The Bertz CT molecular complexity index is 291. The number of esters is 1. The third kappa shape index (κ3) is 23.4. The van der Waals surface area contributed by atoms with E-state index in [2.05, 4.69) is 6.92 Å². The Balaban J connectivity index is 3.10. The zero-order valence-corrected chi connectivity index (χ0v) is 18.6. The molecule has 0 saturated carbocycles. The van der Waals surface area contributed by atoms with Gasteiger partial charge in [0.1, 0.15) is 0 Å². The molecule has 0 heterocycles. The van der Waals surface area contributed by atoms with Gasteiger partial charge >= 0.3 is 5.97 Å². The van der Waals surface area contributed by atoms with Crippen molar-refractivity contribution < 1.29 is 14.3 Å². The highest BCUT2D eigenvalue weighted by Crippen LogP contribution is 2.13. The Morgan fingerprint density at radius 2 is 1.00 bits per heavy atom. The molecule has 0 aliphatic rings. The van der Waals surface area contributed by atoms with Gasteiger partial charge in [-0.15, -0.1) is 0 Å². The molecule has 0 aromatic heterocycles. The number of ether oxygens (including phenoxy) is 2. The second-order valence-corrected chi connectivity index (χ2v) is 7.82. The lowest BCUT2D eigenvalue weighted by atomic mass is 10.0. The van der Waals surface area contributed by atoms with Crippen molar-refractivity contribution in [1.29, 1.82) is 0 Å². The second kappa shape index (κ2) is 23.5. The highest BCUT2D eigenvalue weighted by atomic mass is 16.5. The van der Waals surface area contributed by atoms with E-state index in [0.717, 1.165) is 38.9 Å². The summed E-state index contributed by atoms with van der Waals surface area (Å²) in [5.41, 5.74) is 0. The Morgan fingerprint density at radius 1 is 0.556 bits per heavy atom. The van der Waals surface area contributed by atoms with Crippen LogP contribution in [0.3, 0.4) is 0 Å². The Morgan fingerprint density at radius 3 is 1.48 bits per heavy atom. The van der Waals surface area contributed by atoms with Crippen LogP contribution in [0.2, 0.25) is 0 Å². The van der Waals surface area contributed by atoms with E-state index in [9.17, 15) is 4.79 Å². The van der Waals surface area contributed by atoms with Crippen LogP contribution in [0.4, 0.5) is 0 Å². The topological polar surface area (TPSA) is 35.5 Å². The highest BCUT2D eigenvalue weighted by Gasteiger charge is 2.02. The Kier molecular flexibility index (Phi) is 23.0. The van der Waals surface area contributed by atoms with Crippen LogP contribution < -0.4 is 0 Å². The van der Waals surface area contributed by atoms with E-state index in [4.69, 9.17) is 9.47 Å². The van der Waals surface area contributed by atoms with Crippen LogP contribution in [0, 0.1) is 0 Å². The van der Waals surface area contributed by atoms with Crippen molar-refractivity contribution in [1.82, 2.24) is 0 Å². The molecule has 0 amide bonds. The molecule has 0 aliphatic carbocycles. The summed E-state index contributed by atoms with van der Waals surface area (Å²) in [6.07, 6.45) is 22.7. The van der Waals surface area contributed by atoms with Gasteiger partial charge in [-0.05, 0) is 26.2 Å². The Hall–Kier alpha value is -0.570. The maximum atomic E-state index is 11.6. The molecular formula is C24H48O3. The van der Waals surface area contributed by atoms with Gasteiger partial charge in [0.25, 0.3) is 0 Å². The van der Waals surface area contributed by atoms with Gasteiger partial charge in [-0.3, -0.25) is 4.79 Å². The van der Waals surface area contributed by atoms with Crippen LogP contribution in [-0.4, -0.2) is 25.8 Å². The normalized spacial score (nSPS) is 11.0. The standard InChI is InChI=1S/C24H48O3/c1-3-5-6-7-8-9-10-11-12-13-14-15-16-17-18-21-24(25)27-23-20-19-22-26-4-2/h3-23H2,1-2H3. The van der Waals surface area contributed by atoms with Gasteiger partial charge in [-0.2, -0.15) is 0 Å². The summed E-state index contributed by atoms with van der Waals surface area (Å²) >= 11 is 0. The van der Waals surface area contributed by atoms with Gasteiger partial charge < -0.3 is 9.47 Å². The molecule has 27 heavy (non-hydrogen) atoms. The number of carbonyl (C=O) groups is 1. The molecular weight excluding hydrogens is 336 g/mol. The fourth-order valence-corrected chi connectivity index (χ4v) is 3.35. The summed E-state index contributed by atoms with van der Waals surface area (Å²) < 4.78 is 10.5. The number of hydrogen-bond donors (Lipinski definition) is 0. The van der Waals surface area contributed by atoms with Crippen molar-refractivity contribution in [2.75, 3.05) is 19.8 Å². The number of unbranched alkanes of at least 4 members (excludes halogenated alkanes) is 15. The molecule has 0 unspecified atom stereocenters. The van der Waals surface area contributed by atoms with Crippen molar-refractivity contribution >= 4 is 5.97 Å². The molecule has 3 heteroatoms. The van der Waals surface area contributed by atoms with Crippen LogP contribution in [0.25, 0.3) is 0 Å². The maximum absolute atomic E-state index is 11.6. The quantitative estimate of drug-likeness (QED) is 0.142. The average molecular weight is 385 g/mol. The molecule has 0 aromatic carbocycles. The molecule has 0 fully saturated rings. The minimum atomic E-state index is -0.0268. The lowest BCUT2D eigenvalue weighted by Crippen LogP contribution is -2.06. The zero-order chi connectivity index (χ0) is 19.8. The van der Waals surface area contributed by atoms with E-state index in [0.29, 0.717) is 13.0 Å². The first-order valence-electron chi connectivity index (χ1n) is 12.0. The number of rotatable bonds is 22. The fraction of sp³-hybridized carbons (Fsp3) is 0.958. The monoisotopic (exact) mass is 384 g/mol. The van der Waals surface area contributed by atoms with E-state index in [1.807, 2.05) is 6.92 Å². The summed E-state index contributed by atoms with van der Waals surface area (Å²) in [7, 11) is 0. The number of hydrogen-bond acceptors (Lipinski definition) is 3. The van der Waals surface area contributed by atoms with Gasteiger partial charge in [0, 0.05) is 19.6 Å². The first-order valence-corrected chi connectivity index (χ1v) is 12.0. The molecule has 0 spiro atoms. The van der Waals surface area contributed by atoms with Gasteiger partial charge in [0.2, 0.25) is 0 Å². The fourth-order valence-electron chi connectivity index (χ4n) is 3.35. The second-order valence-electron chi connectivity index (χ2n) is 7.82. The SMILES string of the molecule is CCCCCCCCCCCCCCCCCC(=O)OCCCCOCC. The van der Waals surface area contributed by atoms with Crippen LogP contribution in [0.5, 0.6) is 0 Å². The average Bonchev–Trinajstić information content (AvgIpc) is 2.67. The summed E-state index contributed by atoms with van der Waals surface area (Å²) in [6, 6.07) is 0. The van der Waals surface area contributed by atoms with Crippen molar-refractivity contribution in [2.45, 2.75) is 129 Å². The molecule has 0 saturated heterocycles. The summed E-state index contributed by atoms with van der Waals surface area (Å²) in [5.74, 6) is -0.0268. The van der Waals surface area contributed by atoms with Crippen molar-refractivity contribution in [2.24, 2.45) is 0 Å². The van der Waals surface area contributed by atoms with E-state index in [1.54, 1.807) is 0 Å². The van der Waals surface area contributed by atoms with E-state index in [1.165, 1.54) is 83.5 Å². The van der Waals surface area contributed by atoms with Crippen molar-refractivity contribution in [3.05, 3.63) is 0 Å². The van der Waals surface area contributed by atoms with Gasteiger partial charge in [0.05, 0.1) is 6.61 Å². The minimum absolute atomic E-state index is 0.0268. The van der Waals surface area contributed by atoms with Gasteiger partial charge in [-0.25, -0.2) is 0 Å². The lowest BCUT2D eigenvalue weighted by Gasteiger charge is -2.05. The van der Waals surface area contributed by atoms with Crippen LogP contribution in [-0.2, 0) is 14.3 Å². The van der Waals surface area contributed by atoms with Crippen molar-refractivity contribution in [3.8, 4) is 0 Å². The van der Waals surface area contributed by atoms with Crippen molar-refractivity contribution in [3.63, 3.8) is 0 Å². The molecule has 162 valence electrons. The summed E-state index contributed by atoms with van der Waals surface area (Å²) in [4.78, 5) is 11.6. The summed E-state index contributed by atoms with van der Waals surface area (Å²) in [5, 5.41) is 0. The molecule has 0 aromatic rings. The largest absolute Gasteiger partial charge is 0.466 e. The van der Waals surface area contributed by atoms with Crippen LogP contribution in [0.1, 0.15) is 129 Å². The molecule has 0 radical (unpaired) electrons. The first kappa shape index (κ1) is 26.4. The molecule has 0 aliphatic heterocycles. The summed E-state index contributed by atoms with van der Waals surface area (Å²) in [6.45, 7) is 6.36. The van der Waals surface area contributed by atoms with Crippen LogP contribution >= 0.6 is 0 Å². The predicted octanol–water partition coefficient (Wildman–Crippen LogP) is 7.61. The lowest BCUT2D eigenvalue weighted by molar-refractivity contribution is -0.144. The first-order chi connectivity index (χ1) is 13.3. The molecule has 0 N–H and O–H groups in total. The minimum Gasteiger partial charge on any atom is -0.466 e. The maximum Gasteiger partial charge on any atom is 0.305 e. The molecule has 3 nitrogen and oxygen atoms in total. The van der Waals surface area contributed by atoms with E-state index in [-0.39, 0.29) is 5.97 Å². The van der Waals surface area contributed by atoms with E-state index >= 15 is 0 Å². The Labute approximate surface area is 170 Å². The third-order valence-corrected chi connectivity index (χ3v) is 5.13. The molecule has 0 bridgehead atoms. The molecule has 0 atom stereocenters. The number of carbonyl (C=O) groups excluding carboxylic acids is 1. The van der Waals surface area contributed by atoms with Gasteiger partial charge in [0.15, 0.2) is 0 Å². The van der Waals surface area contributed by atoms with Crippen LogP contribution in [0.15, 0.2) is 0 Å². The molecule has 0 rings (SSSR count). The third-order valence-electron chi connectivity index (χ3n) is 5.13. The highest BCUT2D eigenvalue weighted by molar-refractivity contribution is 5.69. The smallest absolute Gasteiger partial charge is 0.305 e. The van der Waals surface area contributed by atoms with Gasteiger partial charge in [-0.1, -0.05) is 96.8 Å². The predicted molar refractivity (Wildman–Crippen MR) is 116 cm³/mol. The zero-order valence-electron chi connectivity index (χ0n) is 18.6. The van der Waals surface area contributed by atoms with E-state index < -0.39 is 0 Å².